The topological polar surface area (TPSA) is 94.2 Å². The SMILES string of the molecule is Cc1ccc(-n2nc(C(C)(C)C)cc2NC(=O)CCC[C@H]2CC[C@@H](Oc3ccc4cnn(CCO)c4c3)c3ccccc32)cc1. The summed E-state index contributed by atoms with van der Waals surface area (Å²) >= 11 is 0. The number of nitrogens with zero attached hydrogens (tertiary/aromatic N) is 4. The Morgan fingerprint density at radius 2 is 1.80 bits per heavy atom. The zero-order valence-electron chi connectivity index (χ0n) is 26.7. The Bertz CT molecular complexity index is 1780. The number of carbonyl (C=O) groups is 1. The molecule has 6 rings (SSSR count). The Morgan fingerprint density at radius 3 is 2.56 bits per heavy atom. The van der Waals surface area contributed by atoms with Crippen LogP contribution in [-0.4, -0.2) is 37.2 Å². The average Bonchev–Trinajstić information content (AvgIpc) is 3.63. The molecule has 2 heterocycles. The number of fused-ring (bicyclic) bond motifs is 2. The number of aryl methyl sites for hydroxylation is 1. The second-order valence-corrected chi connectivity index (χ2v) is 13.2. The van der Waals surface area contributed by atoms with Gasteiger partial charge in [0.15, 0.2) is 0 Å². The van der Waals surface area contributed by atoms with Crippen molar-refractivity contribution in [1.82, 2.24) is 19.6 Å². The lowest BCUT2D eigenvalue weighted by Crippen LogP contribution is -2.19. The van der Waals surface area contributed by atoms with E-state index in [1.54, 1.807) is 0 Å². The predicted molar refractivity (Wildman–Crippen MR) is 178 cm³/mol. The van der Waals surface area contributed by atoms with E-state index in [2.05, 4.69) is 74.5 Å². The number of nitrogens with one attached hydrogen (secondary N) is 1. The maximum absolute atomic E-state index is 13.2. The summed E-state index contributed by atoms with van der Waals surface area (Å²) in [6.45, 7) is 8.94. The number of rotatable bonds is 10. The molecule has 1 aliphatic rings. The van der Waals surface area contributed by atoms with Crippen molar-refractivity contribution in [2.45, 2.75) is 83.8 Å². The highest BCUT2D eigenvalue weighted by Crippen LogP contribution is 2.42. The smallest absolute Gasteiger partial charge is 0.225 e. The van der Waals surface area contributed by atoms with Crippen molar-refractivity contribution in [3.8, 4) is 11.4 Å². The van der Waals surface area contributed by atoms with Gasteiger partial charge in [-0.25, -0.2) is 4.68 Å². The lowest BCUT2D eigenvalue weighted by Gasteiger charge is -2.32. The maximum Gasteiger partial charge on any atom is 0.225 e. The monoisotopic (exact) mass is 605 g/mol. The molecule has 0 unspecified atom stereocenters. The Balaban J connectivity index is 1.10. The molecule has 8 heteroatoms. The third-order valence-corrected chi connectivity index (χ3v) is 8.75. The minimum Gasteiger partial charge on any atom is -0.486 e. The van der Waals surface area contributed by atoms with Crippen molar-refractivity contribution in [3.05, 3.63) is 101 Å². The van der Waals surface area contributed by atoms with E-state index in [4.69, 9.17) is 9.84 Å². The summed E-state index contributed by atoms with van der Waals surface area (Å²) in [6.07, 6.45) is 5.88. The van der Waals surface area contributed by atoms with E-state index in [0.29, 0.717) is 24.7 Å². The largest absolute Gasteiger partial charge is 0.486 e. The van der Waals surface area contributed by atoms with E-state index in [0.717, 1.165) is 53.7 Å². The Hall–Kier alpha value is -4.43. The fourth-order valence-electron chi connectivity index (χ4n) is 6.26. The van der Waals surface area contributed by atoms with E-state index in [1.165, 1.54) is 16.7 Å². The number of carbonyl (C=O) groups excluding carboxylic acids is 1. The normalized spacial score (nSPS) is 16.5. The first-order valence-electron chi connectivity index (χ1n) is 16.0. The number of anilines is 1. The number of benzene rings is 3. The van der Waals surface area contributed by atoms with Crippen LogP contribution in [-0.2, 0) is 16.8 Å². The number of aliphatic hydroxyl groups is 1. The zero-order valence-corrected chi connectivity index (χ0v) is 26.7. The maximum atomic E-state index is 13.2. The highest BCUT2D eigenvalue weighted by atomic mass is 16.5. The minimum atomic E-state index is -0.138. The molecule has 2 aromatic heterocycles. The molecule has 1 amide bonds. The third kappa shape index (κ3) is 6.81. The van der Waals surface area contributed by atoms with E-state index in [1.807, 2.05) is 52.0 Å². The van der Waals surface area contributed by atoms with E-state index in [-0.39, 0.29) is 24.0 Å². The first kappa shape index (κ1) is 30.6. The van der Waals surface area contributed by atoms with Gasteiger partial charge in [0.05, 0.1) is 36.2 Å². The Morgan fingerprint density at radius 1 is 1.02 bits per heavy atom. The van der Waals surface area contributed by atoms with Crippen molar-refractivity contribution < 1.29 is 14.6 Å². The Kier molecular flexibility index (Phi) is 8.76. The average molecular weight is 606 g/mol. The molecule has 3 aromatic carbocycles. The van der Waals surface area contributed by atoms with E-state index < -0.39 is 0 Å². The summed E-state index contributed by atoms with van der Waals surface area (Å²) in [5.41, 5.74) is 6.40. The molecule has 0 radical (unpaired) electrons. The van der Waals surface area contributed by atoms with E-state index >= 15 is 0 Å². The van der Waals surface area contributed by atoms with Crippen LogP contribution in [0.4, 0.5) is 5.82 Å². The van der Waals surface area contributed by atoms with Gasteiger partial charge in [0.25, 0.3) is 0 Å². The Labute approximate surface area is 265 Å². The second kappa shape index (κ2) is 12.9. The fourth-order valence-corrected chi connectivity index (χ4v) is 6.26. The number of hydrogen-bond donors (Lipinski definition) is 2. The van der Waals surface area contributed by atoms with Gasteiger partial charge in [-0.3, -0.25) is 9.48 Å². The van der Waals surface area contributed by atoms with Gasteiger partial charge in [-0.15, -0.1) is 0 Å². The van der Waals surface area contributed by atoms with Gasteiger partial charge < -0.3 is 15.2 Å². The van der Waals surface area contributed by atoms with Crippen molar-refractivity contribution in [3.63, 3.8) is 0 Å². The second-order valence-electron chi connectivity index (χ2n) is 13.2. The first-order valence-corrected chi connectivity index (χ1v) is 16.0. The molecule has 0 aliphatic heterocycles. The van der Waals surface area contributed by atoms with Crippen molar-refractivity contribution in [1.29, 1.82) is 0 Å². The summed E-state index contributed by atoms with van der Waals surface area (Å²) in [5, 5.41) is 22.8. The van der Waals surface area contributed by atoms with Crippen LogP contribution >= 0.6 is 0 Å². The molecule has 0 saturated carbocycles. The predicted octanol–water partition coefficient (Wildman–Crippen LogP) is 7.63. The molecule has 2 N–H and O–H groups in total. The summed E-state index contributed by atoms with van der Waals surface area (Å²) < 4.78 is 10.2. The van der Waals surface area contributed by atoms with Gasteiger partial charge in [-0.05, 0) is 73.9 Å². The number of amides is 1. The van der Waals surface area contributed by atoms with Crippen molar-refractivity contribution in [2.75, 3.05) is 11.9 Å². The molecule has 0 fully saturated rings. The van der Waals surface area contributed by atoms with Crippen LogP contribution in [0, 0.1) is 6.92 Å². The van der Waals surface area contributed by atoms with Gasteiger partial charge in [0.1, 0.15) is 17.7 Å². The minimum absolute atomic E-state index is 0.00450. The van der Waals surface area contributed by atoms with Crippen molar-refractivity contribution in [2.24, 2.45) is 0 Å². The number of aliphatic hydroxyl groups excluding tert-OH is 1. The molecule has 2 atom stereocenters. The van der Waals surface area contributed by atoms with Gasteiger partial charge in [0.2, 0.25) is 5.91 Å². The number of ether oxygens (including phenoxy) is 1. The summed E-state index contributed by atoms with van der Waals surface area (Å²) in [7, 11) is 0. The van der Waals surface area contributed by atoms with Crippen LogP contribution in [0.5, 0.6) is 5.75 Å². The first-order chi connectivity index (χ1) is 21.7. The van der Waals surface area contributed by atoms with Crippen LogP contribution in [0.3, 0.4) is 0 Å². The summed E-state index contributed by atoms with van der Waals surface area (Å²) in [4.78, 5) is 13.2. The highest BCUT2D eigenvalue weighted by Gasteiger charge is 2.28. The van der Waals surface area contributed by atoms with Crippen molar-refractivity contribution >= 4 is 22.6 Å². The quantitative estimate of drug-likeness (QED) is 0.171. The molecule has 1 aliphatic carbocycles. The van der Waals surface area contributed by atoms with Crippen LogP contribution in [0.1, 0.15) is 87.3 Å². The lowest BCUT2D eigenvalue weighted by atomic mass is 9.79. The van der Waals surface area contributed by atoms with Gasteiger partial charge in [-0.2, -0.15) is 10.2 Å². The molecule has 45 heavy (non-hydrogen) atoms. The standard InChI is InChI=1S/C37H43N5O3/c1-25-12-16-28(17-13-25)42-35(23-34(40-42)37(2,3)4)39-36(44)11-7-8-26-15-19-33(31-10-6-5-9-30(26)31)45-29-18-14-27-24-38-41(20-21-43)32(27)22-29/h5-6,9-10,12-14,16-18,22-24,26,33,43H,7-8,11,15,19-21H2,1-4H3,(H,39,44)/t26-,33+/m0/s1. The van der Waals surface area contributed by atoms with Gasteiger partial charge in [-0.1, -0.05) is 62.7 Å². The molecular weight excluding hydrogens is 562 g/mol. The lowest BCUT2D eigenvalue weighted by molar-refractivity contribution is -0.116. The zero-order chi connectivity index (χ0) is 31.6. The van der Waals surface area contributed by atoms with Crippen LogP contribution < -0.4 is 10.1 Å². The van der Waals surface area contributed by atoms with E-state index in [9.17, 15) is 9.90 Å². The van der Waals surface area contributed by atoms with Crippen LogP contribution in [0.25, 0.3) is 16.6 Å². The fraction of sp³-hybridized carbons (Fsp3) is 0.378. The molecule has 0 spiro atoms. The third-order valence-electron chi connectivity index (χ3n) is 8.75. The van der Waals surface area contributed by atoms with Crippen LogP contribution in [0.2, 0.25) is 0 Å². The number of hydrogen-bond acceptors (Lipinski definition) is 5. The van der Waals surface area contributed by atoms with Crippen LogP contribution in [0.15, 0.2) is 79.0 Å². The summed E-state index contributed by atoms with van der Waals surface area (Å²) in [5.74, 6) is 1.89. The molecule has 0 saturated heterocycles. The molecule has 5 aromatic rings. The molecule has 8 nitrogen and oxygen atoms in total. The van der Waals surface area contributed by atoms with Gasteiger partial charge in [0, 0.05) is 29.4 Å². The molecular formula is C37H43N5O3. The van der Waals surface area contributed by atoms with Gasteiger partial charge >= 0.3 is 0 Å². The highest BCUT2D eigenvalue weighted by molar-refractivity contribution is 5.90. The molecule has 0 bridgehead atoms. The molecule has 234 valence electrons. The summed E-state index contributed by atoms with van der Waals surface area (Å²) in [6, 6.07) is 24.8. The number of aromatic nitrogens is 4.